The molecule has 3 rings (SSSR count). The van der Waals surface area contributed by atoms with Gasteiger partial charge >= 0.3 is 0 Å². The Bertz CT molecular complexity index is 873. The first kappa shape index (κ1) is 18.0. The number of likely N-dealkylation sites (tertiary alicyclic amines) is 1. The number of carbonyl (C=O) groups excluding carboxylic acids is 2. The molecule has 1 unspecified atom stereocenters. The lowest BCUT2D eigenvalue weighted by Crippen LogP contribution is -2.42. The van der Waals surface area contributed by atoms with Crippen molar-refractivity contribution in [3.8, 4) is 5.75 Å². The molecule has 0 bridgehead atoms. The van der Waals surface area contributed by atoms with Crippen molar-refractivity contribution in [1.29, 1.82) is 0 Å². The average molecular weight is 357 g/mol. The number of Topliss-reactive ketones (excluding diaryl/α,β-unsaturated/α-hetero) is 1. The van der Waals surface area contributed by atoms with Crippen LogP contribution in [-0.4, -0.2) is 47.0 Å². The summed E-state index contributed by atoms with van der Waals surface area (Å²) in [7, 11) is 1.62. The second-order valence-electron chi connectivity index (χ2n) is 6.77. The number of hydrogen-bond acceptors (Lipinski definition) is 4. The quantitative estimate of drug-likeness (QED) is 0.819. The summed E-state index contributed by atoms with van der Waals surface area (Å²) in [4.78, 5) is 38.3. The second-order valence-corrected chi connectivity index (χ2v) is 6.77. The van der Waals surface area contributed by atoms with Gasteiger partial charge in [-0.05, 0) is 49.9 Å². The van der Waals surface area contributed by atoms with E-state index in [2.05, 4.69) is 10.2 Å². The zero-order chi connectivity index (χ0) is 18.8. The molecule has 0 radical (unpaired) electrons. The number of benzene rings is 1. The Hall–Kier alpha value is -2.83. The third-order valence-corrected chi connectivity index (χ3v) is 4.85. The predicted octanol–water partition coefficient (Wildman–Crippen LogP) is 2.06. The molecule has 1 fully saturated rings. The van der Waals surface area contributed by atoms with Gasteiger partial charge in [0, 0.05) is 30.6 Å². The molecule has 7 nitrogen and oxygen atoms in total. The fraction of sp³-hybridized carbons (Fsp3) is 0.421. The lowest BCUT2D eigenvalue weighted by Gasteiger charge is -2.31. The number of rotatable bonds is 4. The molecule has 1 aromatic heterocycles. The van der Waals surface area contributed by atoms with Crippen LogP contribution in [0.1, 0.15) is 44.8 Å². The van der Waals surface area contributed by atoms with Gasteiger partial charge in [0.1, 0.15) is 11.4 Å². The van der Waals surface area contributed by atoms with Gasteiger partial charge in [-0.15, -0.1) is 0 Å². The molecular formula is C19H23N3O4. The molecule has 0 saturated carbocycles. The highest BCUT2D eigenvalue weighted by Gasteiger charge is 2.30. The number of H-pyrrole nitrogens is 2. The first-order valence-electron chi connectivity index (χ1n) is 8.67. The van der Waals surface area contributed by atoms with Crippen molar-refractivity contribution in [2.24, 2.45) is 5.92 Å². The molecule has 1 atom stereocenters. The number of aryl methyl sites for hydroxylation is 2. The number of ether oxygens (including phenoxy) is 1. The van der Waals surface area contributed by atoms with Gasteiger partial charge in [0.2, 0.25) is 0 Å². The molecule has 138 valence electrons. The minimum atomic E-state index is -0.345. The topological polar surface area (TPSA) is 95.3 Å². The normalized spacial score (nSPS) is 17.2. The molecule has 1 amide bonds. The summed E-state index contributed by atoms with van der Waals surface area (Å²) in [5, 5.41) is 4.94. The number of amides is 1. The van der Waals surface area contributed by atoms with E-state index in [9.17, 15) is 14.4 Å². The summed E-state index contributed by atoms with van der Waals surface area (Å²) in [5.74, 6) is 0.325. The van der Waals surface area contributed by atoms with Gasteiger partial charge in [0.15, 0.2) is 5.78 Å². The summed E-state index contributed by atoms with van der Waals surface area (Å²) in [6.45, 7) is 4.77. The van der Waals surface area contributed by atoms with Gasteiger partial charge in [0.05, 0.1) is 7.11 Å². The molecule has 26 heavy (non-hydrogen) atoms. The molecule has 1 aromatic carbocycles. The van der Waals surface area contributed by atoms with Gasteiger partial charge in [-0.2, -0.15) is 0 Å². The van der Waals surface area contributed by atoms with E-state index in [0.717, 1.165) is 29.7 Å². The number of aromatic amines is 2. The van der Waals surface area contributed by atoms with Crippen LogP contribution in [0.3, 0.4) is 0 Å². The fourth-order valence-corrected chi connectivity index (χ4v) is 3.64. The van der Waals surface area contributed by atoms with E-state index in [-0.39, 0.29) is 28.9 Å². The zero-order valence-corrected chi connectivity index (χ0v) is 15.2. The molecule has 7 heteroatoms. The number of nitrogens with zero attached hydrogens (tertiary/aromatic N) is 1. The van der Waals surface area contributed by atoms with E-state index in [0.29, 0.717) is 18.7 Å². The van der Waals surface area contributed by atoms with Gasteiger partial charge < -0.3 is 9.64 Å². The summed E-state index contributed by atoms with van der Waals surface area (Å²) < 4.78 is 5.36. The monoisotopic (exact) mass is 357 g/mol. The van der Waals surface area contributed by atoms with E-state index < -0.39 is 0 Å². The molecule has 2 N–H and O–H groups in total. The Labute approximate surface area is 151 Å². The maximum atomic E-state index is 13.0. The summed E-state index contributed by atoms with van der Waals surface area (Å²) in [5.41, 5.74) is 2.37. The number of methoxy groups -OCH3 is 1. The van der Waals surface area contributed by atoms with Crippen LogP contribution in [-0.2, 0) is 0 Å². The first-order chi connectivity index (χ1) is 12.4. The van der Waals surface area contributed by atoms with Crippen LogP contribution in [0.2, 0.25) is 0 Å². The Morgan fingerprint density at radius 1 is 1.15 bits per heavy atom. The van der Waals surface area contributed by atoms with Crippen molar-refractivity contribution in [2.45, 2.75) is 26.7 Å². The minimum Gasteiger partial charge on any atom is -0.496 e. The average Bonchev–Trinajstić information content (AvgIpc) is 3.06. The second kappa shape index (κ2) is 7.19. The van der Waals surface area contributed by atoms with Crippen molar-refractivity contribution < 1.29 is 14.3 Å². The maximum Gasteiger partial charge on any atom is 0.271 e. The Morgan fingerprint density at radius 2 is 1.85 bits per heavy atom. The number of hydrogen-bond donors (Lipinski definition) is 2. The van der Waals surface area contributed by atoms with E-state index in [1.807, 2.05) is 26.0 Å². The lowest BCUT2D eigenvalue weighted by atomic mass is 9.88. The van der Waals surface area contributed by atoms with Crippen LogP contribution in [0, 0.1) is 19.8 Å². The number of aromatic nitrogens is 2. The van der Waals surface area contributed by atoms with Gasteiger partial charge in [-0.3, -0.25) is 24.6 Å². The van der Waals surface area contributed by atoms with Crippen molar-refractivity contribution in [2.75, 3.05) is 20.2 Å². The number of ketones is 1. The number of nitrogens with one attached hydrogen (secondary N) is 2. The van der Waals surface area contributed by atoms with Crippen LogP contribution < -0.4 is 10.3 Å². The van der Waals surface area contributed by atoms with Crippen LogP contribution in [0.25, 0.3) is 0 Å². The molecule has 2 aromatic rings. The van der Waals surface area contributed by atoms with Crippen molar-refractivity contribution >= 4 is 11.7 Å². The molecule has 1 saturated heterocycles. The molecule has 0 spiro atoms. The lowest BCUT2D eigenvalue weighted by molar-refractivity contribution is 0.0632. The highest BCUT2D eigenvalue weighted by atomic mass is 16.5. The van der Waals surface area contributed by atoms with Crippen molar-refractivity contribution in [1.82, 2.24) is 15.1 Å². The van der Waals surface area contributed by atoms with Gasteiger partial charge in [0.25, 0.3) is 11.5 Å². The first-order valence-corrected chi connectivity index (χ1v) is 8.67. The number of carbonyl (C=O) groups is 2. The molecular weight excluding hydrogens is 334 g/mol. The van der Waals surface area contributed by atoms with Gasteiger partial charge in [-0.25, -0.2) is 0 Å². The summed E-state index contributed by atoms with van der Waals surface area (Å²) in [6.07, 6.45) is 1.50. The largest absolute Gasteiger partial charge is 0.496 e. The highest BCUT2D eigenvalue weighted by Crippen LogP contribution is 2.28. The highest BCUT2D eigenvalue weighted by molar-refractivity contribution is 5.99. The predicted molar refractivity (Wildman–Crippen MR) is 96.8 cm³/mol. The van der Waals surface area contributed by atoms with E-state index in [1.165, 1.54) is 6.07 Å². The standard InChI is InChI=1S/C19H23N3O4/c1-11-7-14(8-12(2)18(11)26-3)17(24)13-5-4-6-22(10-13)19(25)15-9-16(23)21-20-15/h7-9,13H,4-6,10H2,1-3H3,(H2,20,21,23). The SMILES string of the molecule is COc1c(C)cc(C(=O)C2CCCN(C(=O)c3cc(=O)[nH][nH]3)C2)cc1C. The molecule has 0 aliphatic carbocycles. The Morgan fingerprint density at radius 3 is 2.42 bits per heavy atom. The van der Waals surface area contributed by atoms with E-state index >= 15 is 0 Å². The third kappa shape index (κ3) is 3.42. The van der Waals surface area contributed by atoms with Crippen LogP contribution in [0.15, 0.2) is 23.0 Å². The maximum absolute atomic E-state index is 13.0. The number of piperidine rings is 1. The zero-order valence-electron chi connectivity index (χ0n) is 15.2. The minimum absolute atomic E-state index is 0.0407. The van der Waals surface area contributed by atoms with E-state index in [1.54, 1.807) is 12.0 Å². The van der Waals surface area contributed by atoms with Crippen LogP contribution >= 0.6 is 0 Å². The van der Waals surface area contributed by atoms with Crippen LogP contribution in [0.5, 0.6) is 5.75 Å². The van der Waals surface area contributed by atoms with Crippen LogP contribution in [0.4, 0.5) is 0 Å². The molecule has 2 heterocycles. The molecule has 1 aliphatic heterocycles. The van der Waals surface area contributed by atoms with Crippen molar-refractivity contribution in [3.63, 3.8) is 0 Å². The fourth-order valence-electron chi connectivity index (χ4n) is 3.64. The summed E-state index contributed by atoms with van der Waals surface area (Å²) in [6, 6.07) is 4.93. The van der Waals surface area contributed by atoms with Crippen molar-refractivity contribution in [3.05, 3.63) is 50.9 Å². The Balaban J connectivity index is 1.78. The Kier molecular flexibility index (Phi) is 4.97. The summed E-state index contributed by atoms with van der Waals surface area (Å²) >= 11 is 0. The smallest absolute Gasteiger partial charge is 0.271 e. The molecule has 1 aliphatic rings. The van der Waals surface area contributed by atoms with Gasteiger partial charge in [-0.1, -0.05) is 0 Å². The van der Waals surface area contributed by atoms with E-state index in [4.69, 9.17) is 4.74 Å². The third-order valence-electron chi connectivity index (χ3n) is 4.85.